The number of thioether (sulfide) groups is 1. The highest BCUT2D eigenvalue weighted by Gasteiger charge is 2.17. The third-order valence-electron chi connectivity index (χ3n) is 2.88. The maximum absolute atomic E-state index is 6.23. The van der Waals surface area contributed by atoms with Gasteiger partial charge < -0.3 is 4.57 Å². The molecule has 0 fully saturated rings. The fourth-order valence-corrected chi connectivity index (χ4v) is 3.13. The number of hydrogen-bond acceptors (Lipinski definition) is 3. The van der Waals surface area contributed by atoms with E-state index in [0.29, 0.717) is 10.9 Å². The second kappa shape index (κ2) is 6.33. The molecule has 2 unspecified atom stereocenters. The van der Waals surface area contributed by atoms with Crippen LogP contribution in [0.25, 0.3) is 11.2 Å². The van der Waals surface area contributed by atoms with Gasteiger partial charge in [0.05, 0.1) is 10.4 Å². The van der Waals surface area contributed by atoms with Gasteiger partial charge >= 0.3 is 0 Å². The van der Waals surface area contributed by atoms with Crippen LogP contribution in [0.3, 0.4) is 0 Å². The second-order valence-electron chi connectivity index (χ2n) is 4.75. The van der Waals surface area contributed by atoms with E-state index >= 15 is 0 Å². The summed E-state index contributed by atoms with van der Waals surface area (Å²) in [4.78, 5) is 8.96. The summed E-state index contributed by atoms with van der Waals surface area (Å²) >= 11 is 14.0. The van der Waals surface area contributed by atoms with Crippen molar-refractivity contribution in [1.29, 1.82) is 0 Å². The molecule has 2 aromatic heterocycles. The molecule has 2 atom stereocenters. The summed E-state index contributed by atoms with van der Waals surface area (Å²) in [5, 5.41) is 0.456. The molecule has 6 heteroatoms. The van der Waals surface area contributed by atoms with E-state index in [1.165, 1.54) is 0 Å². The summed E-state index contributed by atoms with van der Waals surface area (Å²) in [6.07, 6.45) is 3.77. The molecule has 0 radical (unpaired) electrons. The molecule has 0 aliphatic rings. The van der Waals surface area contributed by atoms with Crippen LogP contribution in [0, 0.1) is 5.92 Å². The smallest absolute Gasteiger partial charge is 0.160 e. The van der Waals surface area contributed by atoms with Gasteiger partial charge in [0.1, 0.15) is 11.3 Å². The summed E-state index contributed by atoms with van der Waals surface area (Å²) in [5.41, 5.74) is 1.67. The van der Waals surface area contributed by atoms with Crippen molar-refractivity contribution in [1.82, 2.24) is 14.5 Å². The molecule has 104 valence electrons. The molecule has 0 bridgehead atoms. The van der Waals surface area contributed by atoms with Crippen molar-refractivity contribution >= 4 is 46.1 Å². The van der Waals surface area contributed by atoms with Crippen LogP contribution in [0.15, 0.2) is 12.3 Å². The highest BCUT2D eigenvalue weighted by molar-refractivity contribution is 7.98. The zero-order valence-electron chi connectivity index (χ0n) is 11.2. The maximum Gasteiger partial charge on any atom is 0.160 e. The first-order valence-electron chi connectivity index (χ1n) is 6.17. The number of pyridine rings is 1. The van der Waals surface area contributed by atoms with E-state index in [9.17, 15) is 0 Å². The third-order valence-corrected chi connectivity index (χ3v) is 4.19. The largest absolute Gasteiger partial charge is 0.311 e. The first kappa shape index (κ1) is 14.9. The monoisotopic (exact) mass is 317 g/mol. The lowest BCUT2D eigenvalue weighted by atomic mass is 10.2. The Kier molecular flexibility index (Phi) is 4.98. The molecular formula is C13H17Cl2N3S. The highest BCUT2D eigenvalue weighted by atomic mass is 35.5. The Hall–Kier alpha value is -0.450. The standard InChI is InChI=1S/C13H17Cl2N3S/c1-8(7-19-3)6-18-12(9(2)14)17-11-4-10(15)5-16-13(11)18/h4-5,8-9H,6-7H2,1-3H3. The van der Waals surface area contributed by atoms with Gasteiger partial charge in [-0.15, -0.1) is 11.6 Å². The van der Waals surface area contributed by atoms with Gasteiger partial charge in [-0.3, -0.25) is 0 Å². The summed E-state index contributed by atoms with van der Waals surface area (Å²) in [6, 6.07) is 1.84. The number of hydrogen-bond donors (Lipinski definition) is 0. The highest BCUT2D eigenvalue weighted by Crippen LogP contribution is 2.26. The van der Waals surface area contributed by atoms with Crippen LogP contribution in [-0.2, 0) is 6.54 Å². The van der Waals surface area contributed by atoms with Crippen molar-refractivity contribution in [2.75, 3.05) is 12.0 Å². The van der Waals surface area contributed by atoms with Crippen molar-refractivity contribution in [3.8, 4) is 0 Å². The number of aromatic nitrogens is 3. The summed E-state index contributed by atoms with van der Waals surface area (Å²) < 4.78 is 2.12. The maximum atomic E-state index is 6.23. The minimum atomic E-state index is -0.144. The fraction of sp³-hybridized carbons (Fsp3) is 0.538. The minimum absolute atomic E-state index is 0.144. The minimum Gasteiger partial charge on any atom is -0.311 e. The topological polar surface area (TPSA) is 30.7 Å². The van der Waals surface area contributed by atoms with Gasteiger partial charge in [-0.2, -0.15) is 11.8 Å². The van der Waals surface area contributed by atoms with Crippen LogP contribution in [0.1, 0.15) is 25.0 Å². The van der Waals surface area contributed by atoms with Gasteiger partial charge in [0.2, 0.25) is 0 Å². The molecule has 0 N–H and O–H groups in total. The van der Waals surface area contributed by atoms with Gasteiger partial charge in [-0.25, -0.2) is 9.97 Å². The van der Waals surface area contributed by atoms with E-state index in [4.69, 9.17) is 23.2 Å². The third kappa shape index (κ3) is 3.36. The number of halogens is 2. The van der Waals surface area contributed by atoms with Crippen molar-refractivity contribution in [2.24, 2.45) is 5.92 Å². The molecule has 2 aromatic rings. The lowest BCUT2D eigenvalue weighted by Crippen LogP contribution is -2.13. The Morgan fingerprint density at radius 1 is 1.42 bits per heavy atom. The molecule has 0 spiro atoms. The number of rotatable bonds is 5. The number of alkyl halides is 1. The fourth-order valence-electron chi connectivity index (χ4n) is 2.14. The molecule has 3 nitrogen and oxygen atoms in total. The first-order valence-corrected chi connectivity index (χ1v) is 8.38. The molecule has 2 rings (SSSR count). The van der Waals surface area contributed by atoms with Gasteiger partial charge in [-0.05, 0) is 30.9 Å². The van der Waals surface area contributed by atoms with E-state index in [0.717, 1.165) is 29.3 Å². The van der Waals surface area contributed by atoms with Crippen LogP contribution in [0.2, 0.25) is 5.02 Å². The SMILES string of the molecule is CSCC(C)Cn1c(C(C)Cl)nc2cc(Cl)cnc21. The molecule has 0 amide bonds. The summed E-state index contributed by atoms with van der Waals surface area (Å²) in [6.45, 7) is 5.03. The number of fused-ring (bicyclic) bond motifs is 1. The van der Waals surface area contributed by atoms with E-state index in [-0.39, 0.29) is 5.38 Å². The lowest BCUT2D eigenvalue weighted by molar-refractivity contribution is 0.522. The average Bonchev–Trinajstić information content (AvgIpc) is 2.67. The van der Waals surface area contributed by atoms with Crippen LogP contribution in [0.4, 0.5) is 0 Å². The summed E-state index contributed by atoms with van der Waals surface area (Å²) in [7, 11) is 0. The van der Waals surface area contributed by atoms with Crippen molar-refractivity contribution < 1.29 is 0 Å². The van der Waals surface area contributed by atoms with Gasteiger partial charge in [-0.1, -0.05) is 18.5 Å². The van der Waals surface area contributed by atoms with Crippen molar-refractivity contribution in [2.45, 2.75) is 25.8 Å². The van der Waals surface area contributed by atoms with E-state index in [2.05, 4.69) is 27.7 Å². The Morgan fingerprint density at radius 2 is 2.16 bits per heavy atom. The van der Waals surface area contributed by atoms with Gasteiger partial charge in [0.25, 0.3) is 0 Å². The predicted molar refractivity (Wildman–Crippen MR) is 84.4 cm³/mol. The van der Waals surface area contributed by atoms with Gasteiger partial charge in [0.15, 0.2) is 5.65 Å². The molecule has 0 saturated carbocycles. The van der Waals surface area contributed by atoms with Crippen LogP contribution in [0.5, 0.6) is 0 Å². The van der Waals surface area contributed by atoms with Crippen molar-refractivity contribution in [3.63, 3.8) is 0 Å². The average molecular weight is 318 g/mol. The van der Waals surface area contributed by atoms with Crippen LogP contribution < -0.4 is 0 Å². The molecule has 2 heterocycles. The number of nitrogens with zero attached hydrogens (tertiary/aromatic N) is 3. The normalized spacial score (nSPS) is 14.8. The first-order chi connectivity index (χ1) is 9.02. The van der Waals surface area contributed by atoms with Crippen LogP contribution >= 0.6 is 35.0 Å². The second-order valence-corrected chi connectivity index (χ2v) is 6.76. The molecule has 0 aromatic carbocycles. The molecule has 19 heavy (non-hydrogen) atoms. The quantitative estimate of drug-likeness (QED) is 0.766. The molecule has 0 aliphatic carbocycles. The molecule has 0 aliphatic heterocycles. The predicted octanol–water partition coefficient (Wildman–Crippen LogP) is 4.38. The van der Waals surface area contributed by atoms with E-state index in [1.54, 1.807) is 6.20 Å². The molecular weight excluding hydrogens is 301 g/mol. The van der Waals surface area contributed by atoms with Crippen LogP contribution in [-0.4, -0.2) is 26.5 Å². The summed E-state index contributed by atoms with van der Waals surface area (Å²) in [5.74, 6) is 2.50. The Morgan fingerprint density at radius 3 is 2.79 bits per heavy atom. The van der Waals surface area contributed by atoms with Crippen molar-refractivity contribution in [3.05, 3.63) is 23.1 Å². The number of imidazole rings is 1. The van der Waals surface area contributed by atoms with Gasteiger partial charge in [0, 0.05) is 12.7 Å². The Bertz CT molecular complexity index is 568. The Labute approximate surface area is 127 Å². The van der Waals surface area contributed by atoms with E-state index in [1.807, 2.05) is 24.8 Å². The van der Waals surface area contributed by atoms with E-state index < -0.39 is 0 Å². The zero-order chi connectivity index (χ0) is 14.0. The Balaban J connectivity index is 2.46. The lowest BCUT2D eigenvalue weighted by Gasteiger charge is -2.14. The molecule has 0 saturated heterocycles. The zero-order valence-corrected chi connectivity index (χ0v) is 13.6.